The molecular formula is C13H23Cl2N3O2. The van der Waals surface area contributed by atoms with Gasteiger partial charge in [-0.3, -0.25) is 4.79 Å². The minimum absolute atomic E-state index is 0. The Bertz CT molecular complexity index is 412. The van der Waals surface area contributed by atoms with E-state index in [9.17, 15) is 4.79 Å². The Hall–Kier alpha value is -0.750. The first-order chi connectivity index (χ1) is 8.72. The van der Waals surface area contributed by atoms with Crippen LogP contribution in [-0.2, 0) is 6.54 Å². The topological polar surface area (TPSA) is 71.5 Å². The number of hydrogen-bond donors (Lipinski definition) is 2. The zero-order valence-electron chi connectivity index (χ0n) is 11.6. The minimum Gasteiger partial charge on any atom is -0.467 e. The molecule has 1 saturated heterocycles. The maximum absolute atomic E-state index is 11.9. The maximum atomic E-state index is 11.9. The van der Waals surface area contributed by atoms with E-state index >= 15 is 0 Å². The predicted octanol–water partition coefficient (Wildman–Crippen LogP) is 1.65. The molecule has 2 heterocycles. The van der Waals surface area contributed by atoms with Crippen molar-refractivity contribution in [3.63, 3.8) is 0 Å². The zero-order chi connectivity index (χ0) is 13.0. The van der Waals surface area contributed by atoms with Crippen molar-refractivity contribution in [1.82, 2.24) is 10.2 Å². The van der Waals surface area contributed by atoms with E-state index in [1.165, 1.54) is 6.26 Å². The summed E-state index contributed by atoms with van der Waals surface area (Å²) in [6, 6.07) is 1.70. The van der Waals surface area contributed by atoms with E-state index in [2.05, 4.69) is 17.1 Å². The third-order valence-corrected chi connectivity index (χ3v) is 3.49. The molecule has 0 spiro atoms. The highest BCUT2D eigenvalue weighted by Gasteiger charge is 2.21. The van der Waals surface area contributed by atoms with Gasteiger partial charge in [0.25, 0.3) is 5.91 Å². The van der Waals surface area contributed by atoms with Crippen LogP contribution in [0.15, 0.2) is 16.7 Å². The van der Waals surface area contributed by atoms with E-state index < -0.39 is 0 Å². The number of nitrogens with two attached hydrogens (primary N) is 1. The second-order valence-electron chi connectivity index (χ2n) is 4.76. The second-order valence-corrected chi connectivity index (χ2v) is 4.76. The molecule has 20 heavy (non-hydrogen) atoms. The fourth-order valence-electron chi connectivity index (χ4n) is 2.31. The zero-order valence-corrected chi connectivity index (χ0v) is 13.3. The number of carbonyl (C=O) groups excluding carboxylic acids is 1. The van der Waals surface area contributed by atoms with Crippen LogP contribution in [0, 0.1) is 5.92 Å². The monoisotopic (exact) mass is 323 g/mol. The number of nitrogens with one attached hydrogen (secondary N) is 1. The molecule has 0 saturated carbocycles. The van der Waals surface area contributed by atoms with E-state index in [-0.39, 0.29) is 30.7 Å². The molecule has 2 rings (SSSR count). The summed E-state index contributed by atoms with van der Waals surface area (Å²) in [7, 11) is 0. The van der Waals surface area contributed by atoms with Crippen LogP contribution < -0.4 is 11.1 Å². The highest BCUT2D eigenvalue weighted by Crippen LogP contribution is 2.15. The van der Waals surface area contributed by atoms with Crippen molar-refractivity contribution in [1.29, 1.82) is 0 Å². The van der Waals surface area contributed by atoms with Crippen LogP contribution in [0.3, 0.4) is 0 Å². The molecule has 1 atom stereocenters. The molecule has 1 aromatic heterocycles. The smallest absolute Gasteiger partial charge is 0.254 e. The van der Waals surface area contributed by atoms with Gasteiger partial charge in [0.1, 0.15) is 12.0 Å². The maximum Gasteiger partial charge on any atom is 0.254 e. The van der Waals surface area contributed by atoms with Gasteiger partial charge in [-0.1, -0.05) is 6.92 Å². The predicted molar refractivity (Wildman–Crippen MR) is 83.6 cm³/mol. The third-order valence-electron chi connectivity index (χ3n) is 3.49. The van der Waals surface area contributed by atoms with Crippen molar-refractivity contribution >= 4 is 30.7 Å². The molecule has 1 aromatic rings. The van der Waals surface area contributed by atoms with Crippen LogP contribution in [0.2, 0.25) is 0 Å². The lowest BCUT2D eigenvalue weighted by Crippen LogP contribution is -2.30. The van der Waals surface area contributed by atoms with Crippen LogP contribution in [0.5, 0.6) is 0 Å². The Balaban J connectivity index is 0.00000180. The first-order valence-electron chi connectivity index (χ1n) is 6.51. The molecule has 1 amide bonds. The summed E-state index contributed by atoms with van der Waals surface area (Å²) in [5.74, 6) is 1.13. The molecule has 0 aliphatic carbocycles. The number of hydrogen-bond acceptors (Lipinski definition) is 4. The molecule has 0 bridgehead atoms. The third kappa shape index (κ3) is 4.98. The molecule has 3 N–H and O–H groups in total. The quantitative estimate of drug-likeness (QED) is 0.864. The SMILES string of the molecule is CCN1CCC(CNC(=O)c2coc(CN)c2)C1.Cl.Cl. The van der Waals surface area contributed by atoms with Crippen LogP contribution in [0.25, 0.3) is 0 Å². The first kappa shape index (κ1) is 19.2. The molecule has 5 nitrogen and oxygen atoms in total. The average Bonchev–Trinajstić information content (AvgIpc) is 3.04. The fourth-order valence-corrected chi connectivity index (χ4v) is 2.31. The minimum atomic E-state index is -0.0756. The van der Waals surface area contributed by atoms with Gasteiger partial charge in [0.05, 0.1) is 12.1 Å². The van der Waals surface area contributed by atoms with Crippen molar-refractivity contribution in [2.75, 3.05) is 26.2 Å². The number of rotatable bonds is 5. The molecule has 116 valence electrons. The molecule has 1 unspecified atom stereocenters. The van der Waals surface area contributed by atoms with Gasteiger partial charge in [0.2, 0.25) is 0 Å². The summed E-state index contributed by atoms with van der Waals surface area (Å²) >= 11 is 0. The Labute approximate surface area is 132 Å². The van der Waals surface area contributed by atoms with Gasteiger partial charge in [-0.25, -0.2) is 0 Å². The van der Waals surface area contributed by atoms with Gasteiger partial charge in [0.15, 0.2) is 0 Å². The summed E-state index contributed by atoms with van der Waals surface area (Å²) in [5.41, 5.74) is 5.99. The van der Waals surface area contributed by atoms with Gasteiger partial charge in [-0.15, -0.1) is 24.8 Å². The lowest BCUT2D eigenvalue weighted by Gasteiger charge is -2.13. The number of halogens is 2. The number of furan rings is 1. The lowest BCUT2D eigenvalue weighted by molar-refractivity contribution is 0.0947. The second kappa shape index (κ2) is 9.23. The largest absolute Gasteiger partial charge is 0.467 e. The van der Waals surface area contributed by atoms with Crippen molar-refractivity contribution in [2.45, 2.75) is 19.9 Å². The summed E-state index contributed by atoms with van der Waals surface area (Å²) in [5, 5.41) is 2.96. The van der Waals surface area contributed by atoms with Gasteiger partial charge >= 0.3 is 0 Å². The van der Waals surface area contributed by atoms with Crippen LogP contribution in [0.4, 0.5) is 0 Å². The Morgan fingerprint density at radius 2 is 2.30 bits per heavy atom. The Morgan fingerprint density at radius 1 is 1.55 bits per heavy atom. The van der Waals surface area contributed by atoms with Crippen molar-refractivity contribution < 1.29 is 9.21 Å². The number of amides is 1. The van der Waals surface area contributed by atoms with Crippen LogP contribution in [0.1, 0.15) is 29.5 Å². The molecule has 1 aliphatic heterocycles. The van der Waals surface area contributed by atoms with E-state index in [1.54, 1.807) is 6.07 Å². The van der Waals surface area contributed by atoms with Gasteiger partial charge in [-0.2, -0.15) is 0 Å². The standard InChI is InChI=1S/C13H21N3O2.2ClH/c1-2-16-4-3-10(8-16)7-15-13(17)11-5-12(6-14)18-9-11;;/h5,9-10H,2-4,6-8,14H2,1H3,(H,15,17);2*1H. The van der Waals surface area contributed by atoms with Crippen molar-refractivity contribution in [3.8, 4) is 0 Å². The van der Waals surface area contributed by atoms with Crippen LogP contribution in [-0.4, -0.2) is 37.0 Å². The number of likely N-dealkylation sites (tertiary alicyclic amines) is 1. The molecule has 0 aromatic carbocycles. The molecule has 1 aliphatic rings. The first-order valence-corrected chi connectivity index (χ1v) is 6.51. The van der Waals surface area contributed by atoms with Gasteiger partial charge < -0.3 is 20.4 Å². The number of nitrogens with zero attached hydrogens (tertiary/aromatic N) is 1. The highest BCUT2D eigenvalue weighted by atomic mass is 35.5. The summed E-state index contributed by atoms with van der Waals surface area (Å²) in [6.07, 6.45) is 2.62. The van der Waals surface area contributed by atoms with E-state index in [4.69, 9.17) is 10.2 Å². The van der Waals surface area contributed by atoms with Crippen LogP contribution >= 0.6 is 24.8 Å². The Morgan fingerprint density at radius 3 is 2.85 bits per heavy atom. The summed E-state index contributed by atoms with van der Waals surface area (Å²) in [4.78, 5) is 14.3. The fraction of sp³-hybridized carbons (Fsp3) is 0.615. The van der Waals surface area contributed by atoms with E-state index in [0.717, 1.165) is 32.6 Å². The number of carbonyl (C=O) groups is 1. The molecule has 0 radical (unpaired) electrons. The lowest BCUT2D eigenvalue weighted by atomic mass is 10.1. The van der Waals surface area contributed by atoms with E-state index in [0.29, 0.717) is 23.8 Å². The average molecular weight is 324 g/mol. The van der Waals surface area contributed by atoms with E-state index in [1.807, 2.05) is 0 Å². The molecule has 7 heteroatoms. The Kier molecular flexibility index (Phi) is 8.89. The van der Waals surface area contributed by atoms with Crippen molar-refractivity contribution in [2.24, 2.45) is 11.7 Å². The van der Waals surface area contributed by atoms with Crippen molar-refractivity contribution in [3.05, 3.63) is 23.7 Å². The normalized spacial score (nSPS) is 18.2. The van der Waals surface area contributed by atoms with Gasteiger partial charge in [0, 0.05) is 13.1 Å². The highest BCUT2D eigenvalue weighted by molar-refractivity contribution is 5.93. The van der Waals surface area contributed by atoms with Gasteiger partial charge in [-0.05, 0) is 31.5 Å². The molecular weight excluding hydrogens is 301 g/mol. The summed E-state index contributed by atoms with van der Waals surface area (Å²) < 4.78 is 5.15. The molecule has 1 fully saturated rings. The summed E-state index contributed by atoms with van der Waals surface area (Å²) in [6.45, 7) is 6.53.